The van der Waals surface area contributed by atoms with Crippen LogP contribution in [0.2, 0.25) is 0 Å². The van der Waals surface area contributed by atoms with Gasteiger partial charge in [-0.15, -0.1) is 0 Å². The molecule has 2 rings (SSSR count). The van der Waals surface area contributed by atoms with Gasteiger partial charge in [-0.05, 0) is 49.9 Å². The zero-order valence-corrected chi connectivity index (χ0v) is 11.9. The van der Waals surface area contributed by atoms with E-state index in [4.69, 9.17) is 0 Å². The molecule has 1 aliphatic carbocycles. The molecule has 0 heterocycles. The molecule has 0 saturated heterocycles. The second-order valence-electron chi connectivity index (χ2n) is 5.04. The molecule has 1 aromatic carbocycles. The molecule has 0 amide bonds. The number of nitrogens with one attached hydrogen (secondary N) is 1. The van der Waals surface area contributed by atoms with Crippen molar-refractivity contribution in [3.63, 3.8) is 0 Å². The second-order valence-corrected chi connectivity index (χ2v) is 7.32. The van der Waals surface area contributed by atoms with Crippen LogP contribution in [-0.4, -0.2) is 19.7 Å². The van der Waals surface area contributed by atoms with E-state index in [-0.39, 0.29) is 11.3 Å². The lowest BCUT2D eigenvalue weighted by Crippen LogP contribution is -2.44. The fourth-order valence-corrected chi connectivity index (χ4v) is 3.27. The molecule has 100 valence electrons. The molecule has 0 aliphatic heterocycles. The van der Waals surface area contributed by atoms with Gasteiger partial charge in [0.05, 0.1) is 10.6 Å². The Kier molecular flexibility index (Phi) is 3.66. The number of hydrogen-bond acceptors (Lipinski definition) is 3. The van der Waals surface area contributed by atoms with E-state index in [1.165, 1.54) is 19.3 Å². The number of hydrogen-bond donors (Lipinski definition) is 1. The Labute approximate surface area is 110 Å². The summed E-state index contributed by atoms with van der Waals surface area (Å²) in [5.74, 6) is 0.151. The summed E-state index contributed by atoms with van der Waals surface area (Å²) in [7, 11) is -3.08. The van der Waals surface area contributed by atoms with Gasteiger partial charge in [-0.3, -0.25) is 0 Å². The number of benzene rings is 1. The van der Waals surface area contributed by atoms with Crippen LogP contribution in [-0.2, 0) is 9.84 Å². The van der Waals surface area contributed by atoms with E-state index >= 15 is 0 Å². The van der Waals surface area contributed by atoms with Crippen LogP contribution in [0.3, 0.4) is 0 Å². The first kappa shape index (κ1) is 13.4. The summed E-state index contributed by atoms with van der Waals surface area (Å²) in [5.41, 5.74) is 1.26. The summed E-state index contributed by atoms with van der Waals surface area (Å²) >= 11 is 0. The number of sulfone groups is 1. The van der Waals surface area contributed by atoms with Gasteiger partial charge in [0.1, 0.15) is 0 Å². The molecule has 4 heteroatoms. The van der Waals surface area contributed by atoms with Crippen molar-refractivity contribution in [1.82, 2.24) is 0 Å². The zero-order valence-electron chi connectivity index (χ0n) is 11.1. The first-order chi connectivity index (χ1) is 8.51. The molecule has 0 atom stereocenters. The lowest BCUT2D eigenvalue weighted by molar-refractivity contribution is 0.269. The lowest BCUT2D eigenvalue weighted by Gasteiger charge is -2.43. The van der Waals surface area contributed by atoms with E-state index in [0.717, 1.165) is 12.1 Å². The summed E-state index contributed by atoms with van der Waals surface area (Å²) in [6.07, 6.45) is 4.81. The Morgan fingerprint density at radius 2 is 1.78 bits per heavy atom. The summed E-state index contributed by atoms with van der Waals surface area (Å²) in [4.78, 5) is 0.412. The number of rotatable bonds is 5. The van der Waals surface area contributed by atoms with E-state index in [1.807, 2.05) is 12.1 Å². The average Bonchev–Trinajstić information content (AvgIpc) is 2.34. The second kappa shape index (κ2) is 4.92. The monoisotopic (exact) mass is 267 g/mol. The Morgan fingerprint density at radius 3 is 2.17 bits per heavy atom. The van der Waals surface area contributed by atoms with Crippen molar-refractivity contribution in [3.05, 3.63) is 24.3 Å². The quantitative estimate of drug-likeness (QED) is 0.891. The molecule has 0 radical (unpaired) electrons. The Balaban J connectivity index is 2.13. The van der Waals surface area contributed by atoms with Gasteiger partial charge in [-0.2, -0.15) is 0 Å². The molecule has 1 fully saturated rings. The molecule has 0 unspecified atom stereocenters. The number of anilines is 1. The smallest absolute Gasteiger partial charge is 0.178 e. The van der Waals surface area contributed by atoms with Crippen LogP contribution in [0.1, 0.15) is 39.5 Å². The van der Waals surface area contributed by atoms with Gasteiger partial charge in [0.15, 0.2) is 9.84 Å². The van der Waals surface area contributed by atoms with Crippen molar-refractivity contribution in [2.45, 2.75) is 50.0 Å². The third-order valence-corrected chi connectivity index (χ3v) is 5.74. The highest BCUT2D eigenvalue weighted by atomic mass is 32.2. The van der Waals surface area contributed by atoms with Gasteiger partial charge in [-0.1, -0.05) is 13.8 Å². The van der Waals surface area contributed by atoms with Crippen LogP contribution in [0.25, 0.3) is 0 Å². The highest BCUT2D eigenvalue weighted by molar-refractivity contribution is 7.91. The molecule has 1 saturated carbocycles. The topological polar surface area (TPSA) is 46.2 Å². The van der Waals surface area contributed by atoms with Gasteiger partial charge in [0.25, 0.3) is 0 Å². The molecule has 0 aromatic heterocycles. The third kappa shape index (κ3) is 2.53. The Hall–Kier alpha value is -1.03. The van der Waals surface area contributed by atoms with E-state index in [0.29, 0.717) is 4.90 Å². The maximum absolute atomic E-state index is 11.7. The maximum Gasteiger partial charge on any atom is 0.178 e. The highest BCUT2D eigenvalue weighted by Crippen LogP contribution is 2.37. The molecule has 1 aromatic rings. The maximum atomic E-state index is 11.7. The average molecular weight is 267 g/mol. The van der Waals surface area contributed by atoms with Gasteiger partial charge >= 0.3 is 0 Å². The molecule has 1 aliphatic rings. The lowest BCUT2D eigenvalue weighted by atomic mass is 9.74. The minimum atomic E-state index is -3.08. The fourth-order valence-electron chi connectivity index (χ4n) is 2.39. The Morgan fingerprint density at radius 1 is 1.17 bits per heavy atom. The summed E-state index contributed by atoms with van der Waals surface area (Å²) in [5, 5.41) is 3.54. The van der Waals surface area contributed by atoms with E-state index in [1.54, 1.807) is 19.1 Å². The van der Waals surface area contributed by atoms with Gasteiger partial charge in [0, 0.05) is 11.2 Å². The zero-order chi connectivity index (χ0) is 13.2. The van der Waals surface area contributed by atoms with Crippen LogP contribution in [0.4, 0.5) is 5.69 Å². The molecule has 0 spiro atoms. The standard InChI is InChI=1S/C14H21NO2S/c1-3-14(10-5-11-14)15-12-6-8-13(9-7-12)18(16,17)4-2/h6-9,15H,3-5,10-11H2,1-2H3. The molecule has 1 N–H and O–H groups in total. The third-order valence-electron chi connectivity index (χ3n) is 3.99. The molecule has 0 bridgehead atoms. The van der Waals surface area contributed by atoms with Crippen molar-refractivity contribution in [2.75, 3.05) is 11.1 Å². The van der Waals surface area contributed by atoms with E-state index in [2.05, 4.69) is 12.2 Å². The van der Waals surface area contributed by atoms with Crippen molar-refractivity contribution in [2.24, 2.45) is 0 Å². The minimum Gasteiger partial charge on any atom is -0.380 e. The summed E-state index contributed by atoms with van der Waals surface area (Å²) in [6, 6.07) is 7.14. The highest BCUT2D eigenvalue weighted by Gasteiger charge is 2.34. The predicted molar refractivity (Wildman–Crippen MR) is 74.7 cm³/mol. The van der Waals surface area contributed by atoms with Crippen LogP contribution in [0.5, 0.6) is 0 Å². The van der Waals surface area contributed by atoms with E-state index < -0.39 is 9.84 Å². The molecule has 3 nitrogen and oxygen atoms in total. The Bertz CT molecular complexity index is 496. The fraction of sp³-hybridized carbons (Fsp3) is 0.571. The minimum absolute atomic E-state index is 0.151. The van der Waals surface area contributed by atoms with Gasteiger partial charge in [0.2, 0.25) is 0 Å². The first-order valence-corrected chi connectivity index (χ1v) is 8.27. The normalized spacial score (nSPS) is 18.1. The summed E-state index contributed by atoms with van der Waals surface area (Å²) < 4.78 is 23.4. The molecular weight excluding hydrogens is 246 g/mol. The first-order valence-electron chi connectivity index (χ1n) is 6.62. The van der Waals surface area contributed by atoms with Crippen molar-refractivity contribution >= 4 is 15.5 Å². The molecule has 18 heavy (non-hydrogen) atoms. The molecular formula is C14H21NO2S. The van der Waals surface area contributed by atoms with Crippen molar-refractivity contribution in [1.29, 1.82) is 0 Å². The van der Waals surface area contributed by atoms with Crippen molar-refractivity contribution < 1.29 is 8.42 Å². The summed E-state index contributed by atoms with van der Waals surface area (Å²) in [6.45, 7) is 3.87. The van der Waals surface area contributed by atoms with Crippen LogP contribution < -0.4 is 5.32 Å². The van der Waals surface area contributed by atoms with Crippen LogP contribution in [0, 0.1) is 0 Å². The van der Waals surface area contributed by atoms with Crippen LogP contribution in [0.15, 0.2) is 29.2 Å². The van der Waals surface area contributed by atoms with Gasteiger partial charge in [-0.25, -0.2) is 8.42 Å². The van der Waals surface area contributed by atoms with Gasteiger partial charge < -0.3 is 5.32 Å². The van der Waals surface area contributed by atoms with E-state index in [9.17, 15) is 8.42 Å². The van der Waals surface area contributed by atoms with Crippen LogP contribution >= 0.6 is 0 Å². The van der Waals surface area contributed by atoms with Crippen molar-refractivity contribution in [3.8, 4) is 0 Å². The predicted octanol–water partition coefficient (Wildman–Crippen LogP) is 3.22. The SMILES string of the molecule is CCC1(Nc2ccc(S(=O)(=O)CC)cc2)CCC1. The largest absolute Gasteiger partial charge is 0.380 e.